The number of hydrogen-bond acceptors (Lipinski definition) is 4. The molecular weight excluding hydrogens is 320 g/mol. The zero-order valence-corrected chi connectivity index (χ0v) is 14.9. The quantitative estimate of drug-likeness (QED) is 0.929. The number of likely N-dealkylation sites (tertiary alicyclic amines) is 1. The van der Waals surface area contributed by atoms with Crippen molar-refractivity contribution in [3.05, 3.63) is 45.4 Å². The first-order valence-corrected chi connectivity index (χ1v) is 9.11. The van der Waals surface area contributed by atoms with Gasteiger partial charge in [-0.2, -0.15) is 5.26 Å². The lowest BCUT2D eigenvalue weighted by Crippen LogP contribution is -2.34. The summed E-state index contributed by atoms with van der Waals surface area (Å²) in [5, 5.41) is 13.6. The third-order valence-electron chi connectivity index (χ3n) is 4.72. The topological polar surface area (TPSA) is 61.1 Å². The van der Waals surface area contributed by atoms with Crippen LogP contribution in [0.1, 0.15) is 51.9 Å². The third-order valence-corrected chi connectivity index (χ3v) is 5.64. The van der Waals surface area contributed by atoms with Gasteiger partial charge in [0.15, 0.2) is 0 Å². The summed E-state index contributed by atoms with van der Waals surface area (Å²) < 4.78 is 2.01. The maximum atomic E-state index is 12.0. The van der Waals surface area contributed by atoms with Gasteiger partial charge in [-0.3, -0.25) is 9.69 Å². The summed E-state index contributed by atoms with van der Waals surface area (Å²) in [6, 6.07) is 8.48. The van der Waals surface area contributed by atoms with Crippen molar-refractivity contribution in [2.45, 2.75) is 31.8 Å². The molecule has 2 aromatic rings. The van der Waals surface area contributed by atoms with E-state index >= 15 is 0 Å². The Bertz CT molecular complexity index is 770. The van der Waals surface area contributed by atoms with Crippen LogP contribution in [-0.4, -0.2) is 29.0 Å². The van der Waals surface area contributed by atoms with E-state index in [1.807, 2.05) is 29.1 Å². The van der Waals surface area contributed by atoms with Gasteiger partial charge in [-0.15, -0.1) is 11.3 Å². The first kappa shape index (κ1) is 16.7. The van der Waals surface area contributed by atoms with Gasteiger partial charge in [-0.25, -0.2) is 0 Å². The van der Waals surface area contributed by atoms with Crippen LogP contribution in [0.25, 0.3) is 0 Å². The van der Waals surface area contributed by atoms with E-state index in [-0.39, 0.29) is 5.91 Å². The first-order chi connectivity index (χ1) is 11.6. The number of aromatic nitrogens is 1. The average molecular weight is 342 g/mol. The van der Waals surface area contributed by atoms with E-state index in [9.17, 15) is 4.79 Å². The number of nitrogens with one attached hydrogen (secondary N) is 1. The van der Waals surface area contributed by atoms with Crippen LogP contribution >= 0.6 is 11.3 Å². The Balaban J connectivity index is 1.83. The van der Waals surface area contributed by atoms with Crippen LogP contribution in [0.15, 0.2) is 23.6 Å². The molecule has 1 fully saturated rings. The summed E-state index contributed by atoms with van der Waals surface area (Å²) in [5.41, 5.74) is 2.62. The highest BCUT2D eigenvalue weighted by Crippen LogP contribution is 2.33. The van der Waals surface area contributed by atoms with Gasteiger partial charge in [0.1, 0.15) is 11.8 Å². The molecule has 0 bridgehead atoms. The number of carbonyl (C=O) groups excluding carboxylic acids is 1. The standard InChI is InChI=1S/C18H22N4OS/c1-20-18(23)17-7-6-15(21(17)2)16-5-3-4-8-22(16)11-14-9-13(10-19)12-24-14/h6-7,9,12,16H,3-5,8,11H2,1-2H3,(H,20,23). The lowest BCUT2D eigenvalue weighted by atomic mass is 9.99. The highest BCUT2D eigenvalue weighted by molar-refractivity contribution is 7.10. The van der Waals surface area contributed by atoms with Gasteiger partial charge in [0.2, 0.25) is 0 Å². The van der Waals surface area contributed by atoms with E-state index in [0.29, 0.717) is 11.7 Å². The molecule has 126 valence electrons. The van der Waals surface area contributed by atoms with E-state index < -0.39 is 0 Å². The summed E-state index contributed by atoms with van der Waals surface area (Å²) in [7, 11) is 3.62. The van der Waals surface area contributed by atoms with Crippen molar-refractivity contribution in [2.24, 2.45) is 7.05 Å². The van der Waals surface area contributed by atoms with E-state index in [1.54, 1.807) is 18.4 Å². The molecule has 24 heavy (non-hydrogen) atoms. The molecule has 0 aromatic carbocycles. The Morgan fingerprint density at radius 1 is 1.46 bits per heavy atom. The van der Waals surface area contributed by atoms with Gasteiger partial charge >= 0.3 is 0 Å². The molecule has 3 rings (SSSR count). The molecule has 1 saturated heterocycles. The summed E-state index contributed by atoms with van der Waals surface area (Å²) in [4.78, 5) is 15.7. The number of nitrogens with zero attached hydrogens (tertiary/aromatic N) is 3. The van der Waals surface area contributed by atoms with E-state index in [4.69, 9.17) is 5.26 Å². The molecule has 1 N–H and O–H groups in total. The molecule has 0 radical (unpaired) electrons. The molecule has 5 nitrogen and oxygen atoms in total. The second kappa shape index (κ2) is 7.20. The van der Waals surface area contributed by atoms with Crippen LogP contribution < -0.4 is 5.32 Å². The molecule has 0 spiro atoms. The third kappa shape index (κ3) is 3.23. The molecule has 3 heterocycles. The smallest absolute Gasteiger partial charge is 0.267 e. The fourth-order valence-electron chi connectivity index (χ4n) is 3.46. The van der Waals surface area contributed by atoms with Crippen LogP contribution in [0, 0.1) is 11.3 Å². The second-order valence-electron chi connectivity index (χ2n) is 6.18. The fourth-order valence-corrected chi connectivity index (χ4v) is 4.29. The molecule has 0 aliphatic carbocycles. The van der Waals surface area contributed by atoms with Gasteiger partial charge in [0.05, 0.1) is 11.6 Å². The van der Waals surface area contributed by atoms with Crippen molar-refractivity contribution in [1.29, 1.82) is 5.26 Å². The minimum absolute atomic E-state index is 0.0528. The molecule has 0 saturated carbocycles. The normalized spacial score (nSPS) is 18.3. The Kier molecular flexibility index (Phi) is 5.03. The van der Waals surface area contributed by atoms with Crippen molar-refractivity contribution in [2.75, 3.05) is 13.6 Å². The highest BCUT2D eigenvalue weighted by Gasteiger charge is 2.27. The SMILES string of the molecule is CNC(=O)c1ccc(C2CCCCN2Cc2cc(C#N)cs2)n1C. The molecule has 1 aliphatic heterocycles. The molecule has 1 unspecified atom stereocenters. The summed E-state index contributed by atoms with van der Waals surface area (Å²) in [6.07, 6.45) is 3.50. The monoisotopic (exact) mass is 342 g/mol. The zero-order valence-electron chi connectivity index (χ0n) is 14.1. The van der Waals surface area contributed by atoms with Crippen LogP contribution in [-0.2, 0) is 13.6 Å². The van der Waals surface area contributed by atoms with Crippen molar-refractivity contribution < 1.29 is 4.79 Å². The Labute approximate surface area is 146 Å². The lowest BCUT2D eigenvalue weighted by Gasteiger charge is -2.36. The van der Waals surface area contributed by atoms with Crippen molar-refractivity contribution in [3.8, 4) is 6.07 Å². The van der Waals surface area contributed by atoms with Crippen LogP contribution in [0.5, 0.6) is 0 Å². The Morgan fingerprint density at radius 3 is 3.00 bits per heavy atom. The Hall–Kier alpha value is -2.10. The second-order valence-corrected chi connectivity index (χ2v) is 7.17. The van der Waals surface area contributed by atoms with E-state index in [1.165, 1.54) is 23.4 Å². The number of carbonyl (C=O) groups is 1. The molecular formula is C18H22N4OS. The fraction of sp³-hybridized carbons (Fsp3) is 0.444. The van der Waals surface area contributed by atoms with Gasteiger partial charge in [-0.1, -0.05) is 6.42 Å². The van der Waals surface area contributed by atoms with E-state index in [0.717, 1.165) is 25.1 Å². The van der Waals surface area contributed by atoms with Crippen LogP contribution in [0.3, 0.4) is 0 Å². The van der Waals surface area contributed by atoms with Crippen molar-refractivity contribution in [3.63, 3.8) is 0 Å². The van der Waals surface area contributed by atoms with Gasteiger partial charge in [0, 0.05) is 36.6 Å². The maximum absolute atomic E-state index is 12.0. The number of amides is 1. The number of thiophene rings is 1. The van der Waals surface area contributed by atoms with Crippen molar-refractivity contribution in [1.82, 2.24) is 14.8 Å². The molecule has 2 aromatic heterocycles. The molecule has 6 heteroatoms. The summed E-state index contributed by atoms with van der Waals surface area (Å²) in [6.45, 7) is 1.91. The van der Waals surface area contributed by atoms with Gasteiger partial charge < -0.3 is 9.88 Å². The van der Waals surface area contributed by atoms with E-state index in [2.05, 4.69) is 22.4 Å². The minimum atomic E-state index is -0.0528. The molecule has 1 amide bonds. The largest absolute Gasteiger partial charge is 0.354 e. The average Bonchev–Trinajstić information content (AvgIpc) is 3.21. The predicted octanol–water partition coefficient (Wildman–Crippen LogP) is 3.05. The summed E-state index contributed by atoms with van der Waals surface area (Å²) >= 11 is 1.65. The zero-order chi connectivity index (χ0) is 17.1. The number of hydrogen-bond donors (Lipinski definition) is 1. The van der Waals surface area contributed by atoms with Crippen molar-refractivity contribution >= 4 is 17.2 Å². The van der Waals surface area contributed by atoms with Gasteiger partial charge in [-0.05, 0) is 37.6 Å². The molecule has 1 aliphatic rings. The first-order valence-electron chi connectivity index (χ1n) is 8.23. The molecule has 1 atom stereocenters. The number of rotatable bonds is 4. The summed E-state index contributed by atoms with van der Waals surface area (Å²) in [5.74, 6) is -0.0528. The number of nitriles is 1. The minimum Gasteiger partial charge on any atom is -0.354 e. The highest BCUT2D eigenvalue weighted by atomic mass is 32.1. The number of piperidine rings is 1. The Morgan fingerprint density at radius 2 is 2.29 bits per heavy atom. The van der Waals surface area contributed by atoms with Crippen LogP contribution in [0.4, 0.5) is 0 Å². The maximum Gasteiger partial charge on any atom is 0.267 e. The van der Waals surface area contributed by atoms with Crippen LogP contribution in [0.2, 0.25) is 0 Å². The predicted molar refractivity (Wildman–Crippen MR) is 94.8 cm³/mol. The lowest BCUT2D eigenvalue weighted by molar-refractivity contribution is 0.0952. The van der Waals surface area contributed by atoms with Gasteiger partial charge in [0.25, 0.3) is 5.91 Å².